The third kappa shape index (κ3) is 0.494. The van der Waals surface area contributed by atoms with E-state index in [2.05, 4.69) is 11.6 Å². The highest BCUT2D eigenvalue weighted by Gasteiger charge is 2.41. The molecular weight excluding hydrogens is 118 g/mol. The summed E-state index contributed by atoms with van der Waals surface area (Å²) in [5.74, 6) is 1.20. The Labute approximate surface area is 53.5 Å². The van der Waals surface area contributed by atoms with Crippen molar-refractivity contribution < 1.29 is 0 Å². The van der Waals surface area contributed by atoms with Gasteiger partial charge < -0.3 is 5.32 Å². The number of rotatable bonds is 2. The zero-order valence-corrected chi connectivity index (χ0v) is 5.72. The molecule has 0 aromatic carbocycles. The fraction of sp³-hybridized carbons (Fsp3) is 0.667. The van der Waals surface area contributed by atoms with Crippen molar-refractivity contribution in [3.05, 3.63) is 11.3 Å². The van der Waals surface area contributed by atoms with Crippen molar-refractivity contribution in [2.75, 3.05) is 12.0 Å². The first kappa shape index (κ1) is 4.74. The highest BCUT2D eigenvalue weighted by atomic mass is 32.2. The van der Waals surface area contributed by atoms with Gasteiger partial charge in [0.15, 0.2) is 0 Å². The quantitative estimate of drug-likeness (QED) is 0.593. The van der Waals surface area contributed by atoms with E-state index >= 15 is 0 Å². The standard InChI is InChI=1S/C6H9NS/c1-8-3-6-4-2-5(4)7-6/h5,7H,2-3H2,1H3. The molecule has 1 saturated carbocycles. The molecule has 1 heterocycles. The molecule has 0 aromatic rings. The summed E-state index contributed by atoms with van der Waals surface area (Å²) in [6.45, 7) is 0. The maximum absolute atomic E-state index is 3.38. The highest BCUT2D eigenvalue weighted by Crippen LogP contribution is 2.41. The monoisotopic (exact) mass is 127 g/mol. The summed E-state index contributed by atoms with van der Waals surface area (Å²) in [6.07, 6.45) is 3.49. The van der Waals surface area contributed by atoms with Gasteiger partial charge in [-0.05, 0) is 18.2 Å². The summed E-state index contributed by atoms with van der Waals surface area (Å²) >= 11 is 1.90. The van der Waals surface area contributed by atoms with Crippen LogP contribution >= 0.6 is 11.8 Å². The van der Waals surface area contributed by atoms with Crippen LogP contribution in [0.1, 0.15) is 6.42 Å². The van der Waals surface area contributed by atoms with Crippen molar-refractivity contribution in [1.82, 2.24) is 5.32 Å². The van der Waals surface area contributed by atoms with Crippen LogP contribution < -0.4 is 5.32 Å². The lowest BCUT2D eigenvalue weighted by Crippen LogP contribution is -2.25. The second-order valence-electron chi connectivity index (χ2n) is 2.34. The van der Waals surface area contributed by atoms with Gasteiger partial charge in [-0.3, -0.25) is 0 Å². The van der Waals surface area contributed by atoms with Crippen LogP contribution in [0, 0.1) is 0 Å². The normalized spacial score (nSPS) is 30.9. The van der Waals surface area contributed by atoms with Crippen molar-refractivity contribution in [1.29, 1.82) is 0 Å². The Morgan fingerprint density at radius 1 is 1.88 bits per heavy atom. The van der Waals surface area contributed by atoms with Crippen molar-refractivity contribution >= 4 is 11.8 Å². The molecule has 0 radical (unpaired) electrons. The van der Waals surface area contributed by atoms with Crippen LogP contribution in [0.5, 0.6) is 0 Å². The lowest BCUT2D eigenvalue weighted by molar-refractivity contribution is 0.774. The third-order valence-corrected chi connectivity index (χ3v) is 2.29. The van der Waals surface area contributed by atoms with E-state index in [0.29, 0.717) is 0 Å². The summed E-state index contributed by atoms with van der Waals surface area (Å²) in [5, 5.41) is 3.38. The number of fused-ring (bicyclic) bond motifs is 1. The first-order valence-electron chi connectivity index (χ1n) is 2.89. The molecule has 2 rings (SSSR count). The molecular formula is C6H9NS. The van der Waals surface area contributed by atoms with Crippen molar-refractivity contribution in [3.63, 3.8) is 0 Å². The minimum atomic E-state index is 0.831. The molecule has 2 heteroatoms. The molecule has 0 amide bonds. The van der Waals surface area contributed by atoms with Gasteiger partial charge >= 0.3 is 0 Å². The molecule has 1 aliphatic carbocycles. The largest absolute Gasteiger partial charge is 0.381 e. The first-order chi connectivity index (χ1) is 3.92. The van der Waals surface area contributed by atoms with Gasteiger partial charge in [-0.15, -0.1) is 0 Å². The Balaban J connectivity index is 1.99. The van der Waals surface area contributed by atoms with Crippen LogP contribution in [0.25, 0.3) is 0 Å². The molecule has 1 atom stereocenters. The maximum Gasteiger partial charge on any atom is 0.0530 e. The van der Waals surface area contributed by atoms with E-state index < -0.39 is 0 Å². The predicted octanol–water partition coefficient (Wildman–Crippen LogP) is 0.979. The molecule has 1 fully saturated rings. The smallest absolute Gasteiger partial charge is 0.0530 e. The second kappa shape index (κ2) is 1.44. The van der Waals surface area contributed by atoms with Crippen LogP contribution in [-0.2, 0) is 0 Å². The molecule has 1 unspecified atom stereocenters. The summed E-state index contributed by atoms with van der Waals surface area (Å²) in [7, 11) is 0. The van der Waals surface area contributed by atoms with Crippen molar-refractivity contribution in [2.45, 2.75) is 12.5 Å². The Bertz CT molecular complexity index is 151. The molecule has 0 spiro atoms. The van der Waals surface area contributed by atoms with Crippen LogP contribution in [0.15, 0.2) is 11.3 Å². The average molecular weight is 127 g/mol. The zero-order chi connectivity index (χ0) is 5.56. The van der Waals surface area contributed by atoms with Gasteiger partial charge in [0.2, 0.25) is 0 Å². The molecule has 44 valence electrons. The SMILES string of the molecule is CSCC1=C2CC2N1. The lowest BCUT2D eigenvalue weighted by atomic mass is 10.3. The molecule has 0 bridgehead atoms. The second-order valence-corrected chi connectivity index (χ2v) is 3.20. The molecule has 0 saturated heterocycles. The van der Waals surface area contributed by atoms with Gasteiger partial charge in [0.1, 0.15) is 0 Å². The third-order valence-electron chi connectivity index (χ3n) is 1.71. The van der Waals surface area contributed by atoms with Gasteiger partial charge in [0.05, 0.1) is 6.04 Å². The van der Waals surface area contributed by atoms with Crippen molar-refractivity contribution in [2.24, 2.45) is 0 Å². The maximum atomic E-state index is 3.38. The zero-order valence-electron chi connectivity index (χ0n) is 4.90. The molecule has 2 aliphatic rings. The number of hydrogen-bond acceptors (Lipinski definition) is 2. The van der Waals surface area contributed by atoms with Crippen LogP contribution in [0.4, 0.5) is 0 Å². The minimum absolute atomic E-state index is 0.831. The Morgan fingerprint density at radius 3 is 3.12 bits per heavy atom. The van der Waals surface area contributed by atoms with Crippen molar-refractivity contribution in [3.8, 4) is 0 Å². The summed E-state index contributed by atoms with van der Waals surface area (Å²) in [5.41, 5.74) is 3.21. The van der Waals surface area contributed by atoms with Crippen LogP contribution in [-0.4, -0.2) is 18.1 Å². The number of nitrogens with one attached hydrogen (secondary N) is 1. The fourth-order valence-electron chi connectivity index (χ4n) is 1.14. The summed E-state index contributed by atoms with van der Waals surface area (Å²) in [6, 6.07) is 0.831. The first-order valence-corrected chi connectivity index (χ1v) is 4.28. The highest BCUT2D eigenvalue weighted by molar-refractivity contribution is 7.98. The summed E-state index contributed by atoms with van der Waals surface area (Å²) in [4.78, 5) is 0. The predicted molar refractivity (Wildman–Crippen MR) is 36.9 cm³/mol. The summed E-state index contributed by atoms with van der Waals surface area (Å²) < 4.78 is 0. The van der Waals surface area contributed by atoms with Gasteiger partial charge in [-0.1, -0.05) is 0 Å². The van der Waals surface area contributed by atoms with Crippen LogP contribution in [0.2, 0.25) is 0 Å². The van der Waals surface area contributed by atoms with E-state index in [0.717, 1.165) is 6.04 Å². The lowest BCUT2D eigenvalue weighted by Gasteiger charge is -2.14. The van der Waals surface area contributed by atoms with Gasteiger partial charge in [0, 0.05) is 11.4 Å². The van der Waals surface area contributed by atoms with E-state index in [1.54, 1.807) is 5.57 Å². The van der Waals surface area contributed by atoms with Crippen LogP contribution in [0.3, 0.4) is 0 Å². The van der Waals surface area contributed by atoms with Gasteiger partial charge in [-0.2, -0.15) is 11.8 Å². The molecule has 8 heavy (non-hydrogen) atoms. The van der Waals surface area contributed by atoms with E-state index in [1.807, 2.05) is 11.8 Å². The van der Waals surface area contributed by atoms with E-state index in [9.17, 15) is 0 Å². The van der Waals surface area contributed by atoms with E-state index in [1.165, 1.54) is 17.9 Å². The Hall–Kier alpha value is -0.110. The van der Waals surface area contributed by atoms with Gasteiger partial charge in [-0.25, -0.2) is 0 Å². The number of thioether (sulfide) groups is 1. The molecule has 1 nitrogen and oxygen atoms in total. The topological polar surface area (TPSA) is 12.0 Å². The molecule has 1 N–H and O–H groups in total. The average Bonchev–Trinajstić information content (AvgIpc) is 2.36. The van der Waals surface area contributed by atoms with E-state index in [-0.39, 0.29) is 0 Å². The Morgan fingerprint density at radius 2 is 2.75 bits per heavy atom. The molecule has 1 aliphatic heterocycles. The van der Waals surface area contributed by atoms with E-state index in [4.69, 9.17) is 0 Å². The fourth-order valence-corrected chi connectivity index (χ4v) is 1.69. The Kier molecular flexibility index (Phi) is 0.852. The van der Waals surface area contributed by atoms with Gasteiger partial charge in [0.25, 0.3) is 0 Å². The minimum Gasteiger partial charge on any atom is -0.381 e. The molecule has 0 aromatic heterocycles. The number of hydrogen-bond donors (Lipinski definition) is 1.